The number of rotatable bonds is 3. The van der Waals surface area contributed by atoms with Crippen LogP contribution in [0.25, 0.3) is 22.4 Å². The van der Waals surface area contributed by atoms with Gasteiger partial charge in [0.25, 0.3) is 0 Å². The van der Waals surface area contributed by atoms with Gasteiger partial charge in [-0.25, -0.2) is 12.8 Å². The summed E-state index contributed by atoms with van der Waals surface area (Å²) in [5.41, 5.74) is 1.61. The minimum Gasteiger partial charge on any atom is -0.287 e. The van der Waals surface area contributed by atoms with Gasteiger partial charge in [0.15, 0.2) is 9.84 Å². The van der Waals surface area contributed by atoms with Gasteiger partial charge in [-0.15, -0.1) is 0 Å². The molecule has 3 rings (SSSR count). The van der Waals surface area contributed by atoms with Gasteiger partial charge in [-0.2, -0.15) is 5.10 Å². The average molecular weight is 344 g/mol. The lowest BCUT2D eigenvalue weighted by Crippen LogP contribution is -2.09. The van der Waals surface area contributed by atoms with Crippen molar-refractivity contribution in [3.8, 4) is 22.4 Å². The predicted octanol–water partition coefficient (Wildman–Crippen LogP) is 2.65. The highest BCUT2D eigenvalue weighted by Crippen LogP contribution is 2.27. The Kier molecular flexibility index (Phi) is 4.02. The lowest BCUT2D eigenvalue weighted by atomic mass is 10.00. The lowest BCUT2D eigenvalue weighted by Gasteiger charge is -2.09. The highest BCUT2D eigenvalue weighted by molar-refractivity contribution is 7.90. The SMILES string of the molecule is CS(=O)(=O)c1ccc(-c2c(-c3ccc(F)cc3)[nH]ncc2=O)cc1. The van der Waals surface area contributed by atoms with Crippen LogP contribution >= 0.6 is 0 Å². The molecule has 1 N–H and O–H groups in total. The molecule has 7 heteroatoms. The first-order valence-corrected chi connectivity index (χ1v) is 8.89. The fraction of sp³-hybridized carbons (Fsp3) is 0.0588. The van der Waals surface area contributed by atoms with Gasteiger partial charge in [0, 0.05) is 11.8 Å². The summed E-state index contributed by atoms with van der Waals surface area (Å²) in [5, 5.41) is 6.57. The molecule has 1 aromatic heterocycles. The summed E-state index contributed by atoms with van der Waals surface area (Å²) in [6.07, 6.45) is 2.26. The third-order valence-corrected chi connectivity index (χ3v) is 4.69. The summed E-state index contributed by atoms with van der Waals surface area (Å²) < 4.78 is 36.2. The Hall–Kier alpha value is -2.80. The van der Waals surface area contributed by atoms with Gasteiger partial charge in [0.05, 0.1) is 22.3 Å². The molecular formula is C17H13FN2O3S. The van der Waals surface area contributed by atoms with Gasteiger partial charge >= 0.3 is 0 Å². The van der Waals surface area contributed by atoms with E-state index in [1.807, 2.05) is 0 Å². The second-order valence-corrected chi connectivity index (χ2v) is 7.30. The van der Waals surface area contributed by atoms with Gasteiger partial charge in [-0.3, -0.25) is 9.89 Å². The van der Waals surface area contributed by atoms with Crippen molar-refractivity contribution in [2.45, 2.75) is 4.90 Å². The number of aromatic nitrogens is 2. The summed E-state index contributed by atoms with van der Waals surface area (Å²) in [6.45, 7) is 0. The van der Waals surface area contributed by atoms with Crippen molar-refractivity contribution in [3.05, 3.63) is 70.8 Å². The number of H-pyrrole nitrogens is 1. The van der Waals surface area contributed by atoms with E-state index in [9.17, 15) is 17.6 Å². The quantitative estimate of drug-likeness (QED) is 0.792. The molecule has 3 aromatic rings. The predicted molar refractivity (Wildman–Crippen MR) is 88.8 cm³/mol. The number of nitrogens with one attached hydrogen (secondary N) is 1. The zero-order valence-electron chi connectivity index (χ0n) is 12.7. The summed E-state index contributed by atoms with van der Waals surface area (Å²) in [6, 6.07) is 11.7. The van der Waals surface area contributed by atoms with Crippen LogP contribution in [0.5, 0.6) is 0 Å². The first-order chi connectivity index (χ1) is 11.4. The van der Waals surface area contributed by atoms with E-state index in [0.29, 0.717) is 22.4 Å². The molecule has 0 saturated carbocycles. The molecule has 0 atom stereocenters. The minimum absolute atomic E-state index is 0.167. The van der Waals surface area contributed by atoms with Crippen molar-refractivity contribution in [1.29, 1.82) is 0 Å². The molecule has 122 valence electrons. The first-order valence-electron chi connectivity index (χ1n) is 7.00. The maximum absolute atomic E-state index is 13.1. The molecule has 0 bridgehead atoms. The number of sulfone groups is 1. The summed E-state index contributed by atoms with van der Waals surface area (Å²) in [7, 11) is -3.32. The number of halogens is 1. The first kappa shape index (κ1) is 16.1. The van der Waals surface area contributed by atoms with Crippen molar-refractivity contribution >= 4 is 9.84 Å². The van der Waals surface area contributed by atoms with Gasteiger partial charge in [-0.1, -0.05) is 12.1 Å². The molecule has 0 aliphatic heterocycles. The van der Waals surface area contributed by atoms with Crippen LogP contribution in [0.2, 0.25) is 0 Å². The van der Waals surface area contributed by atoms with Crippen LogP contribution in [0.4, 0.5) is 4.39 Å². The highest BCUT2D eigenvalue weighted by atomic mass is 32.2. The average Bonchev–Trinajstić information content (AvgIpc) is 2.55. The molecule has 0 aliphatic carbocycles. The van der Waals surface area contributed by atoms with Crippen molar-refractivity contribution in [1.82, 2.24) is 10.2 Å². The Labute approximate surface area is 137 Å². The molecule has 0 unspecified atom stereocenters. The zero-order chi connectivity index (χ0) is 17.3. The van der Waals surface area contributed by atoms with E-state index in [4.69, 9.17) is 0 Å². The van der Waals surface area contributed by atoms with Crippen molar-refractivity contribution in [2.24, 2.45) is 0 Å². The highest BCUT2D eigenvalue weighted by Gasteiger charge is 2.14. The van der Waals surface area contributed by atoms with Gasteiger partial charge in [-0.05, 0) is 42.0 Å². The van der Waals surface area contributed by atoms with Gasteiger partial charge in [0.2, 0.25) is 5.43 Å². The van der Waals surface area contributed by atoms with Crippen LogP contribution in [0, 0.1) is 5.82 Å². The standard InChI is InChI=1S/C17H13FN2O3S/c1-24(22,23)14-8-4-11(5-9-14)16-15(21)10-19-20-17(16)12-2-6-13(18)7-3-12/h2-10H,1H3,(H,20,21). The monoisotopic (exact) mass is 344 g/mol. The molecule has 0 radical (unpaired) electrons. The van der Waals surface area contributed by atoms with Gasteiger partial charge < -0.3 is 0 Å². The number of nitrogens with zero attached hydrogens (tertiary/aromatic N) is 1. The second-order valence-electron chi connectivity index (χ2n) is 5.29. The Morgan fingerprint density at radius 1 is 0.958 bits per heavy atom. The molecule has 0 amide bonds. The lowest BCUT2D eigenvalue weighted by molar-refractivity contribution is 0.602. The Morgan fingerprint density at radius 2 is 1.54 bits per heavy atom. The summed E-state index contributed by atoms with van der Waals surface area (Å²) in [4.78, 5) is 12.5. The third kappa shape index (κ3) is 3.11. The molecule has 0 spiro atoms. The maximum Gasteiger partial charge on any atom is 0.208 e. The Bertz CT molecular complexity index is 1040. The van der Waals surface area contributed by atoms with E-state index >= 15 is 0 Å². The summed E-state index contributed by atoms with van der Waals surface area (Å²) in [5.74, 6) is -0.385. The van der Waals surface area contributed by atoms with Crippen molar-refractivity contribution in [3.63, 3.8) is 0 Å². The van der Waals surface area contributed by atoms with Crippen LogP contribution < -0.4 is 5.43 Å². The Morgan fingerprint density at radius 3 is 2.12 bits per heavy atom. The van der Waals surface area contributed by atoms with E-state index in [1.165, 1.54) is 36.4 Å². The van der Waals surface area contributed by atoms with E-state index in [0.717, 1.165) is 12.5 Å². The molecule has 1 heterocycles. The zero-order valence-corrected chi connectivity index (χ0v) is 13.5. The third-order valence-electron chi connectivity index (χ3n) is 3.56. The largest absolute Gasteiger partial charge is 0.287 e. The van der Waals surface area contributed by atoms with E-state index < -0.39 is 9.84 Å². The van der Waals surface area contributed by atoms with Crippen LogP contribution in [0.1, 0.15) is 0 Å². The molecule has 0 fully saturated rings. The van der Waals surface area contributed by atoms with E-state index in [1.54, 1.807) is 12.1 Å². The topological polar surface area (TPSA) is 79.9 Å². The Balaban J connectivity index is 2.18. The molecule has 2 aromatic carbocycles. The van der Waals surface area contributed by atoms with Crippen LogP contribution in [-0.4, -0.2) is 24.9 Å². The van der Waals surface area contributed by atoms with Crippen LogP contribution in [0.15, 0.2) is 64.4 Å². The smallest absolute Gasteiger partial charge is 0.208 e. The van der Waals surface area contributed by atoms with E-state index in [-0.39, 0.29) is 16.1 Å². The number of hydrogen-bond acceptors (Lipinski definition) is 4. The fourth-order valence-electron chi connectivity index (χ4n) is 2.38. The summed E-state index contributed by atoms with van der Waals surface area (Å²) >= 11 is 0. The van der Waals surface area contributed by atoms with Crippen molar-refractivity contribution in [2.75, 3.05) is 6.26 Å². The minimum atomic E-state index is -3.32. The number of benzene rings is 2. The van der Waals surface area contributed by atoms with E-state index in [2.05, 4.69) is 10.2 Å². The molecule has 5 nitrogen and oxygen atoms in total. The number of hydrogen-bond donors (Lipinski definition) is 1. The molecule has 0 aliphatic rings. The molecular weight excluding hydrogens is 331 g/mol. The van der Waals surface area contributed by atoms with Crippen LogP contribution in [0.3, 0.4) is 0 Å². The second kappa shape index (κ2) is 6.01. The van der Waals surface area contributed by atoms with Crippen molar-refractivity contribution < 1.29 is 12.8 Å². The normalized spacial score (nSPS) is 11.4. The maximum atomic E-state index is 13.1. The molecule has 24 heavy (non-hydrogen) atoms. The number of aromatic amines is 1. The van der Waals surface area contributed by atoms with Crippen LogP contribution in [-0.2, 0) is 9.84 Å². The van der Waals surface area contributed by atoms with Gasteiger partial charge in [0.1, 0.15) is 5.82 Å². The molecule has 0 saturated heterocycles. The fourth-order valence-corrected chi connectivity index (χ4v) is 3.01.